The van der Waals surface area contributed by atoms with E-state index in [2.05, 4.69) is 11.9 Å². The van der Waals surface area contributed by atoms with Gasteiger partial charge in [0.05, 0.1) is 29.8 Å². The minimum Gasteiger partial charge on any atom is -0.854 e. The van der Waals surface area contributed by atoms with Gasteiger partial charge in [0, 0.05) is 23.3 Å². The van der Waals surface area contributed by atoms with Crippen LogP contribution in [-0.4, -0.2) is 34.8 Å². The molecule has 176 valence electrons. The molecule has 1 aromatic heterocycles. The van der Waals surface area contributed by atoms with Crippen LogP contribution in [0.1, 0.15) is 55.2 Å². The molecule has 0 N–H and O–H groups in total. The number of methoxy groups -OCH3 is 1. The molecule has 0 bridgehead atoms. The molecule has 1 atom stereocenters. The largest absolute Gasteiger partial charge is 0.854 e. The number of carbonyl (C=O) groups is 2. The molecule has 9 heteroatoms. The quantitative estimate of drug-likeness (QED) is 0.222. The minimum absolute atomic E-state index is 0.198. The Kier molecular flexibility index (Phi) is 7.12. The second-order valence-corrected chi connectivity index (χ2v) is 9.00. The number of anilines is 1. The predicted molar refractivity (Wildman–Crippen MR) is 126 cm³/mol. The molecule has 0 fully saturated rings. The smallest absolute Gasteiger partial charge is 0.337 e. The normalized spacial score (nSPS) is 14.3. The first-order chi connectivity index (χ1) is 16.5. The summed E-state index contributed by atoms with van der Waals surface area (Å²) in [4.78, 5) is 30.7. The van der Waals surface area contributed by atoms with E-state index in [1.807, 2.05) is 18.2 Å². The topological polar surface area (TPSA) is 99.3 Å². The molecule has 1 aliphatic rings. The van der Waals surface area contributed by atoms with Gasteiger partial charge in [-0.05, 0) is 42.8 Å². The Labute approximate surface area is 202 Å². The fraction of sp³-hybridized carbons (Fsp3) is 0.320. The SMILES string of the molecule is CCCCCSc1nc([O-])c2[n+](n1)C(c1ccc(C(=O)OC)cc1)N(C(C)=O)c1ccccc1-2. The summed E-state index contributed by atoms with van der Waals surface area (Å²) in [6, 6.07) is 14.0. The van der Waals surface area contributed by atoms with Crippen LogP contribution in [0.15, 0.2) is 53.7 Å². The average molecular weight is 479 g/mol. The van der Waals surface area contributed by atoms with E-state index in [4.69, 9.17) is 9.84 Å². The number of fused-ring (bicyclic) bond motifs is 3. The van der Waals surface area contributed by atoms with Gasteiger partial charge in [0.25, 0.3) is 17.0 Å². The molecular weight excluding hydrogens is 452 g/mol. The summed E-state index contributed by atoms with van der Waals surface area (Å²) in [5.74, 6) is -0.236. The van der Waals surface area contributed by atoms with Crippen LogP contribution >= 0.6 is 11.8 Å². The monoisotopic (exact) mass is 478 g/mol. The zero-order valence-corrected chi connectivity index (χ0v) is 20.2. The summed E-state index contributed by atoms with van der Waals surface area (Å²) in [5, 5.41) is 18.3. The molecule has 4 rings (SSSR count). The van der Waals surface area contributed by atoms with Gasteiger partial charge < -0.3 is 9.84 Å². The Balaban J connectivity index is 1.87. The van der Waals surface area contributed by atoms with Gasteiger partial charge >= 0.3 is 5.97 Å². The lowest BCUT2D eigenvalue weighted by Gasteiger charge is -2.32. The first kappa shape index (κ1) is 23.7. The van der Waals surface area contributed by atoms with Gasteiger partial charge in [-0.2, -0.15) is 0 Å². The lowest BCUT2D eigenvalue weighted by atomic mass is 10.0. The summed E-state index contributed by atoms with van der Waals surface area (Å²) in [6.07, 6.45) is 2.48. The number of esters is 1. The van der Waals surface area contributed by atoms with Crippen molar-refractivity contribution in [3.63, 3.8) is 0 Å². The number of benzene rings is 2. The van der Waals surface area contributed by atoms with Gasteiger partial charge in [0.2, 0.25) is 5.91 Å². The van der Waals surface area contributed by atoms with Gasteiger partial charge in [0.15, 0.2) is 0 Å². The maximum atomic E-state index is 13.2. The summed E-state index contributed by atoms with van der Waals surface area (Å²) >= 11 is 1.44. The molecule has 0 saturated carbocycles. The van der Waals surface area contributed by atoms with Crippen molar-refractivity contribution in [1.82, 2.24) is 10.1 Å². The number of nitrogens with zero attached hydrogens (tertiary/aromatic N) is 4. The third-order valence-corrected chi connectivity index (χ3v) is 6.59. The van der Waals surface area contributed by atoms with Crippen LogP contribution in [-0.2, 0) is 9.53 Å². The number of thioether (sulfide) groups is 1. The van der Waals surface area contributed by atoms with Crippen molar-refractivity contribution in [2.45, 2.75) is 44.4 Å². The van der Waals surface area contributed by atoms with Gasteiger partial charge in [-0.3, -0.25) is 4.79 Å². The number of unbranched alkanes of at least 4 members (excludes halogenated alkanes) is 2. The van der Waals surface area contributed by atoms with Crippen molar-refractivity contribution in [3.05, 3.63) is 59.7 Å². The molecule has 0 aliphatic carbocycles. The molecule has 8 nitrogen and oxygen atoms in total. The maximum absolute atomic E-state index is 13.2. The first-order valence-corrected chi connectivity index (χ1v) is 12.2. The van der Waals surface area contributed by atoms with Crippen molar-refractivity contribution < 1.29 is 24.1 Å². The highest BCUT2D eigenvalue weighted by Gasteiger charge is 2.43. The Bertz CT molecular complexity index is 1220. The highest BCUT2D eigenvalue weighted by molar-refractivity contribution is 7.99. The van der Waals surface area contributed by atoms with Crippen LogP contribution in [0, 0.1) is 0 Å². The van der Waals surface area contributed by atoms with E-state index < -0.39 is 12.1 Å². The van der Waals surface area contributed by atoms with E-state index >= 15 is 0 Å². The molecule has 0 radical (unpaired) electrons. The van der Waals surface area contributed by atoms with Gasteiger partial charge in [-0.25, -0.2) is 14.7 Å². The first-order valence-electron chi connectivity index (χ1n) is 11.2. The van der Waals surface area contributed by atoms with Crippen LogP contribution in [0.25, 0.3) is 11.3 Å². The van der Waals surface area contributed by atoms with Crippen molar-refractivity contribution in [1.29, 1.82) is 0 Å². The third kappa shape index (κ3) is 4.48. The number of para-hydroxylation sites is 1. The molecule has 2 aromatic carbocycles. The molecular formula is C25H26N4O4S. The van der Waals surface area contributed by atoms with Crippen molar-refractivity contribution in [2.75, 3.05) is 17.8 Å². The van der Waals surface area contributed by atoms with Gasteiger partial charge in [-0.15, -0.1) is 0 Å². The summed E-state index contributed by atoms with van der Waals surface area (Å²) in [7, 11) is 1.32. The summed E-state index contributed by atoms with van der Waals surface area (Å²) in [5.41, 5.74) is 2.63. The highest BCUT2D eigenvalue weighted by Crippen LogP contribution is 2.40. The Hall–Kier alpha value is -3.46. The molecule has 0 saturated heterocycles. The molecule has 2 heterocycles. The predicted octanol–water partition coefficient (Wildman–Crippen LogP) is 3.49. The highest BCUT2D eigenvalue weighted by atomic mass is 32.2. The number of hydrogen-bond donors (Lipinski definition) is 0. The van der Waals surface area contributed by atoms with Crippen LogP contribution < -0.4 is 14.7 Å². The van der Waals surface area contributed by atoms with E-state index in [9.17, 15) is 14.7 Å². The zero-order chi connectivity index (χ0) is 24.2. The summed E-state index contributed by atoms with van der Waals surface area (Å²) < 4.78 is 6.39. The van der Waals surface area contributed by atoms with E-state index in [1.54, 1.807) is 39.9 Å². The Morgan fingerprint density at radius 3 is 2.56 bits per heavy atom. The maximum Gasteiger partial charge on any atom is 0.337 e. The van der Waals surface area contributed by atoms with Crippen LogP contribution in [0.4, 0.5) is 5.69 Å². The second kappa shape index (κ2) is 10.2. The number of ether oxygens (including phenoxy) is 1. The standard InChI is InChI=1S/C25H26N4O4S/c1-4-5-8-15-34-25-26-22(31)21-19-9-6-7-10-20(19)28(16(2)30)23(29(21)27-25)17-11-13-18(14-12-17)24(32)33-3/h6-7,9-14,23H,4-5,8,15H2,1-3H3. The van der Waals surface area contributed by atoms with E-state index in [0.717, 1.165) is 25.0 Å². The van der Waals surface area contributed by atoms with E-state index in [0.29, 0.717) is 33.2 Å². The van der Waals surface area contributed by atoms with E-state index in [1.165, 1.54) is 25.8 Å². The average Bonchev–Trinajstić information content (AvgIpc) is 2.85. The molecule has 0 spiro atoms. The van der Waals surface area contributed by atoms with Crippen molar-refractivity contribution in [2.24, 2.45) is 0 Å². The second-order valence-electron chi connectivity index (χ2n) is 7.94. The van der Waals surface area contributed by atoms with Crippen molar-refractivity contribution >= 4 is 29.3 Å². The summed E-state index contributed by atoms with van der Waals surface area (Å²) in [6.45, 7) is 3.62. The number of carbonyl (C=O) groups excluding carboxylic acids is 2. The zero-order valence-electron chi connectivity index (χ0n) is 19.4. The molecule has 3 aromatic rings. The Morgan fingerprint density at radius 2 is 1.88 bits per heavy atom. The fourth-order valence-electron chi connectivity index (χ4n) is 4.06. The third-order valence-electron chi connectivity index (χ3n) is 5.67. The van der Waals surface area contributed by atoms with Gasteiger partial charge in [-0.1, -0.05) is 48.3 Å². The van der Waals surface area contributed by atoms with E-state index in [-0.39, 0.29) is 11.8 Å². The minimum atomic E-state index is -0.709. The number of hydrogen-bond acceptors (Lipinski definition) is 7. The number of amides is 1. The Morgan fingerprint density at radius 1 is 1.15 bits per heavy atom. The molecule has 34 heavy (non-hydrogen) atoms. The van der Waals surface area contributed by atoms with Crippen LogP contribution in [0.2, 0.25) is 0 Å². The van der Waals surface area contributed by atoms with Crippen LogP contribution in [0.5, 0.6) is 5.88 Å². The fourth-order valence-corrected chi connectivity index (χ4v) is 4.89. The molecule has 1 unspecified atom stereocenters. The lowest BCUT2D eigenvalue weighted by molar-refractivity contribution is -0.764. The van der Waals surface area contributed by atoms with Gasteiger partial charge in [0.1, 0.15) is 0 Å². The molecule has 1 aliphatic heterocycles. The molecule has 1 amide bonds. The number of rotatable bonds is 7. The van der Waals surface area contributed by atoms with Crippen molar-refractivity contribution in [3.8, 4) is 17.1 Å². The lowest BCUT2D eigenvalue weighted by Crippen LogP contribution is -2.58. The number of aromatic nitrogens is 3. The van der Waals surface area contributed by atoms with Crippen LogP contribution in [0.3, 0.4) is 0 Å².